The van der Waals surface area contributed by atoms with Crippen molar-refractivity contribution in [2.75, 3.05) is 7.05 Å². The highest BCUT2D eigenvalue weighted by Crippen LogP contribution is 2.24. The van der Waals surface area contributed by atoms with E-state index >= 15 is 0 Å². The Kier molecular flexibility index (Phi) is 6.55. The van der Waals surface area contributed by atoms with Gasteiger partial charge < -0.3 is 10.3 Å². The summed E-state index contributed by atoms with van der Waals surface area (Å²) in [6.07, 6.45) is 7.71. The number of H-pyrrole nitrogens is 1. The molecule has 0 saturated heterocycles. The average molecular weight is 369 g/mol. The highest BCUT2D eigenvalue weighted by atomic mass is 32.1. The number of aromatic nitrogens is 3. The first kappa shape index (κ1) is 18.3. The number of benzene rings is 1. The molecule has 0 atom stereocenters. The molecule has 0 aliphatic carbocycles. The molecular formula is C20H24N4OS. The maximum atomic E-state index is 11.2. The number of imidazole rings is 1. The Morgan fingerprint density at radius 3 is 2.58 bits per heavy atom. The van der Waals surface area contributed by atoms with Gasteiger partial charge in [-0.15, -0.1) is 11.3 Å². The van der Waals surface area contributed by atoms with E-state index in [1.807, 2.05) is 11.7 Å². The molecule has 136 valence electrons. The van der Waals surface area contributed by atoms with Gasteiger partial charge in [-0.25, -0.2) is 9.97 Å². The molecule has 2 aromatic heterocycles. The maximum Gasteiger partial charge on any atom is 0.219 e. The van der Waals surface area contributed by atoms with Crippen LogP contribution in [0, 0.1) is 0 Å². The molecule has 0 aliphatic heterocycles. The Labute approximate surface area is 157 Å². The molecule has 0 saturated carbocycles. The summed E-state index contributed by atoms with van der Waals surface area (Å²) in [5.74, 6) is 1.15. The van der Waals surface area contributed by atoms with Crippen LogP contribution in [0.4, 0.5) is 0 Å². The van der Waals surface area contributed by atoms with Crippen molar-refractivity contribution in [3.63, 3.8) is 0 Å². The lowest BCUT2D eigenvalue weighted by Crippen LogP contribution is -2.16. The second-order valence-corrected chi connectivity index (χ2v) is 7.00. The summed E-state index contributed by atoms with van der Waals surface area (Å²) in [6.45, 7) is 0. The molecule has 0 radical (unpaired) electrons. The number of amides is 1. The molecule has 5 nitrogen and oxygen atoms in total. The van der Waals surface area contributed by atoms with Crippen LogP contribution in [0.25, 0.3) is 22.5 Å². The van der Waals surface area contributed by atoms with Gasteiger partial charge in [0.2, 0.25) is 5.91 Å². The van der Waals surface area contributed by atoms with E-state index in [9.17, 15) is 4.79 Å². The Morgan fingerprint density at radius 1 is 1.08 bits per heavy atom. The third-order valence-electron chi connectivity index (χ3n) is 4.40. The Morgan fingerprint density at radius 2 is 1.85 bits per heavy atom. The van der Waals surface area contributed by atoms with E-state index in [4.69, 9.17) is 0 Å². The molecule has 2 N–H and O–H groups in total. The van der Waals surface area contributed by atoms with Gasteiger partial charge in [0.15, 0.2) is 0 Å². The van der Waals surface area contributed by atoms with Crippen LogP contribution in [-0.4, -0.2) is 27.9 Å². The molecular weight excluding hydrogens is 344 g/mol. The molecule has 3 rings (SSSR count). The number of nitrogens with one attached hydrogen (secondary N) is 2. The first-order valence-electron chi connectivity index (χ1n) is 8.99. The fourth-order valence-electron chi connectivity index (χ4n) is 2.87. The van der Waals surface area contributed by atoms with Gasteiger partial charge in [0.1, 0.15) is 5.82 Å². The van der Waals surface area contributed by atoms with E-state index in [1.54, 1.807) is 18.4 Å². The van der Waals surface area contributed by atoms with Crippen LogP contribution in [0.3, 0.4) is 0 Å². The quantitative estimate of drug-likeness (QED) is 0.549. The van der Waals surface area contributed by atoms with Crippen LogP contribution in [0.5, 0.6) is 0 Å². The predicted molar refractivity (Wildman–Crippen MR) is 106 cm³/mol. The number of hydrogen-bond donors (Lipinski definition) is 2. The third kappa shape index (κ3) is 5.02. The molecule has 0 unspecified atom stereocenters. The minimum atomic E-state index is 0.126. The second-order valence-electron chi connectivity index (χ2n) is 6.28. The van der Waals surface area contributed by atoms with Crippen LogP contribution in [0.15, 0.2) is 41.4 Å². The number of carbonyl (C=O) groups is 1. The summed E-state index contributed by atoms with van der Waals surface area (Å²) in [7, 11) is 1.68. The van der Waals surface area contributed by atoms with Crippen LogP contribution in [0.2, 0.25) is 0 Å². The predicted octanol–water partition coefficient (Wildman–Crippen LogP) is 4.44. The van der Waals surface area contributed by atoms with Crippen molar-refractivity contribution >= 4 is 17.2 Å². The molecule has 0 fully saturated rings. The SMILES string of the molecule is CNC(=O)CCCCCCc1ncc(-c2ccc(-c3cscn3)cc2)[nH]1. The van der Waals surface area contributed by atoms with Crippen LogP contribution in [0.1, 0.15) is 37.9 Å². The smallest absolute Gasteiger partial charge is 0.219 e. The van der Waals surface area contributed by atoms with Gasteiger partial charge in [0.25, 0.3) is 0 Å². The lowest BCUT2D eigenvalue weighted by molar-refractivity contribution is -0.120. The Hall–Kier alpha value is -2.47. The molecule has 6 heteroatoms. The van der Waals surface area contributed by atoms with E-state index in [0.29, 0.717) is 6.42 Å². The van der Waals surface area contributed by atoms with Gasteiger partial charge >= 0.3 is 0 Å². The van der Waals surface area contributed by atoms with E-state index < -0.39 is 0 Å². The second kappa shape index (κ2) is 9.29. The molecule has 26 heavy (non-hydrogen) atoms. The number of unbranched alkanes of at least 4 members (excludes halogenated alkanes) is 3. The van der Waals surface area contributed by atoms with E-state index in [2.05, 4.69) is 49.9 Å². The van der Waals surface area contributed by atoms with Crippen LogP contribution in [-0.2, 0) is 11.2 Å². The maximum absolute atomic E-state index is 11.2. The van der Waals surface area contributed by atoms with E-state index in [-0.39, 0.29) is 5.91 Å². The van der Waals surface area contributed by atoms with Crippen molar-refractivity contribution in [2.45, 2.75) is 38.5 Å². The first-order valence-corrected chi connectivity index (χ1v) is 9.94. The zero-order valence-corrected chi connectivity index (χ0v) is 15.8. The molecule has 1 amide bonds. The summed E-state index contributed by atoms with van der Waals surface area (Å²) in [5, 5.41) is 4.71. The monoisotopic (exact) mass is 368 g/mol. The summed E-state index contributed by atoms with van der Waals surface area (Å²) >= 11 is 1.61. The highest BCUT2D eigenvalue weighted by Gasteiger charge is 2.05. The standard InChI is InChI=1S/C20H24N4OS/c1-21-20(25)7-5-3-2-4-6-19-22-12-17(24-19)15-8-10-16(11-9-15)18-13-26-14-23-18/h8-14H,2-7H2,1H3,(H,21,25)(H,22,24). The van der Waals surface area contributed by atoms with Crippen molar-refractivity contribution < 1.29 is 4.79 Å². The summed E-state index contributed by atoms with van der Waals surface area (Å²) in [6, 6.07) is 8.39. The summed E-state index contributed by atoms with van der Waals surface area (Å²) < 4.78 is 0. The number of thiazole rings is 1. The molecule has 0 aliphatic rings. The average Bonchev–Trinajstić information content (AvgIpc) is 3.36. The van der Waals surface area contributed by atoms with Crippen molar-refractivity contribution in [1.29, 1.82) is 0 Å². The fraction of sp³-hybridized carbons (Fsp3) is 0.350. The summed E-state index contributed by atoms with van der Waals surface area (Å²) in [5.41, 5.74) is 6.18. The van der Waals surface area contributed by atoms with Crippen molar-refractivity contribution in [3.05, 3.63) is 47.2 Å². The molecule has 1 aromatic carbocycles. The molecule has 0 spiro atoms. The van der Waals surface area contributed by atoms with Gasteiger partial charge in [-0.2, -0.15) is 0 Å². The normalized spacial score (nSPS) is 10.8. The van der Waals surface area contributed by atoms with Gasteiger partial charge in [-0.1, -0.05) is 37.1 Å². The number of carbonyl (C=O) groups excluding carboxylic acids is 1. The van der Waals surface area contributed by atoms with Crippen LogP contribution >= 0.6 is 11.3 Å². The van der Waals surface area contributed by atoms with Gasteiger partial charge in [0, 0.05) is 30.8 Å². The lowest BCUT2D eigenvalue weighted by atomic mass is 10.1. The number of aromatic amines is 1. The van der Waals surface area contributed by atoms with Gasteiger partial charge in [0.05, 0.1) is 23.1 Å². The number of aryl methyl sites for hydroxylation is 1. The van der Waals surface area contributed by atoms with E-state index in [1.165, 1.54) is 0 Å². The molecule has 2 heterocycles. The van der Waals surface area contributed by atoms with Crippen LogP contribution < -0.4 is 5.32 Å². The third-order valence-corrected chi connectivity index (χ3v) is 4.99. The lowest BCUT2D eigenvalue weighted by Gasteiger charge is -2.01. The van der Waals surface area contributed by atoms with Gasteiger partial charge in [-0.05, 0) is 18.4 Å². The van der Waals surface area contributed by atoms with Crippen molar-refractivity contribution in [2.24, 2.45) is 0 Å². The fourth-order valence-corrected chi connectivity index (χ4v) is 3.43. The van der Waals surface area contributed by atoms with Crippen molar-refractivity contribution in [1.82, 2.24) is 20.3 Å². The summed E-state index contributed by atoms with van der Waals surface area (Å²) in [4.78, 5) is 23.4. The molecule has 3 aromatic rings. The zero-order chi connectivity index (χ0) is 18.2. The topological polar surface area (TPSA) is 70.7 Å². The van der Waals surface area contributed by atoms with E-state index in [0.717, 1.165) is 60.4 Å². The van der Waals surface area contributed by atoms with Gasteiger partial charge in [-0.3, -0.25) is 4.79 Å². The minimum absolute atomic E-state index is 0.126. The Balaban J connectivity index is 1.46. The number of hydrogen-bond acceptors (Lipinski definition) is 4. The highest BCUT2D eigenvalue weighted by molar-refractivity contribution is 7.07. The first-order chi connectivity index (χ1) is 12.8. The number of rotatable bonds is 9. The minimum Gasteiger partial charge on any atom is -0.359 e. The Bertz CT molecular complexity index is 809. The van der Waals surface area contributed by atoms with Crippen molar-refractivity contribution in [3.8, 4) is 22.5 Å². The zero-order valence-electron chi connectivity index (χ0n) is 15.0. The largest absolute Gasteiger partial charge is 0.359 e. The number of nitrogens with zero attached hydrogens (tertiary/aromatic N) is 2. The molecule has 0 bridgehead atoms.